The van der Waals surface area contributed by atoms with Crippen LogP contribution >= 0.6 is 0 Å². The van der Waals surface area contributed by atoms with Crippen molar-refractivity contribution in [2.75, 3.05) is 0 Å². The van der Waals surface area contributed by atoms with Crippen molar-refractivity contribution in [1.82, 2.24) is 10.6 Å². The molecule has 0 spiro atoms. The third-order valence-electron chi connectivity index (χ3n) is 6.50. The Morgan fingerprint density at radius 3 is 2.19 bits per heavy atom. The Hall–Kier alpha value is -1.26. The lowest BCUT2D eigenvalue weighted by atomic mass is 9.82. The first-order chi connectivity index (χ1) is 10.1. The number of nitrogens with one attached hydrogen (secondary N) is 2. The maximum absolute atomic E-state index is 12.3. The highest BCUT2D eigenvalue weighted by Gasteiger charge is 2.65. The predicted molar refractivity (Wildman–Crippen MR) is 76.7 cm³/mol. The molecule has 4 saturated carbocycles. The summed E-state index contributed by atoms with van der Waals surface area (Å²) < 4.78 is 0. The molecule has 4 fully saturated rings. The lowest BCUT2D eigenvalue weighted by Gasteiger charge is -2.34. The molecule has 5 nitrogen and oxygen atoms in total. The molecule has 116 valence electrons. The number of urea groups is 1. The zero-order valence-corrected chi connectivity index (χ0v) is 12.3. The van der Waals surface area contributed by atoms with E-state index in [4.69, 9.17) is 0 Å². The molecule has 0 aromatic carbocycles. The quantitative estimate of drug-likeness (QED) is 0.745. The van der Waals surface area contributed by atoms with Gasteiger partial charge in [0.2, 0.25) is 0 Å². The van der Waals surface area contributed by atoms with E-state index in [2.05, 4.69) is 10.6 Å². The number of carbonyl (C=O) groups is 2. The summed E-state index contributed by atoms with van der Waals surface area (Å²) in [4.78, 5) is 23.8. The van der Waals surface area contributed by atoms with Crippen LogP contribution in [0.25, 0.3) is 0 Å². The van der Waals surface area contributed by atoms with E-state index in [9.17, 15) is 14.7 Å². The summed E-state index contributed by atoms with van der Waals surface area (Å²) in [6.45, 7) is 0. The standard InChI is InChI=1S/C16H24N2O3/c19-14(20)16(6-2-1-3-7-16)18-15(21)17-13-11-9-4-5-10(8-9)12(11)13/h9-13H,1-8H2,(H,19,20)(H2,17,18,21). The fourth-order valence-electron chi connectivity index (χ4n) is 5.47. The fourth-order valence-corrected chi connectivity index (χ4v) is 5.47. The summed E-state index contributed by atoms with van der Waals surface area (Å²) in [5.74, 6) is 2.11. The van der Waals surface area contributed by atoms with E-state index in [0.29, 0.717) is 30.7 Å². The molecule has 2 bridgehead atoms. The van der Waals surface area contributed by atoms with E-state index in [1.54, 1.807) is 0 Å². The number of hydrogen-bond donors (Lipinski definition) is 3. The first kappa shape index (κ1) is 13.4. The maximum Gasteiger partial charge on any atom is 0.329 e. The molecule has 4 unspecified atom stereocenters. The molecule has 0 heterocycles. The van der Waals surface area contributed by atoms with Gasteiger partial charge >= 0.3 is 12.0 Å². The van der Waals surface area contributed by atoms with E-state index < -0.39 is 11.5 Å². The first-order valence-electron chi connectivity index (χ1n) is 8.43. The SMILES string of the molecule is O=C(NC1C2C3CCC(C3)C12)NC1(C(=O)O)CCCCC1. The van der Waals surface area contributed by atoms with Crippen LogP contribution in [0.15, 0.2) is 0 Å². The Bertz CT molecular complexity index is 456. The Kier molecular flexibility index (Phi) is 2.95. The van der Waals surface area contributed by atoms with E-state index in [1.165, 1.54) is 19.3 Å². The Morgan fingerprint density at radius 2 is 1.62 bits per heavy atom. The van der Waals surface area contributed by atoms with Crippen LogP contribution in [-0.4, -0.2) is 28.7 Å². The summed E-state index contributed by atoms with van der Waals surface area (Å²) in [6, 6.07) is 0.0452. The first-order valence-corrected chi connectivity index (χ1v) is 8.43. The number of carboxylic acid groups (broad SMARTS) is 1. The third-order valence-corrected chi connectivity index (χ3v) is 6.50. The minimum Gasteiger partial charge on any atom is -0.480 e. The molecule has 3 N–H and O–H groups in total. The highest BCUT2D eigenvalue weighted by Crippen LogP contribution is 2.65. The minimum absolute atomic E-state index is 0.266. The summed E-state index contributed by atoms with van der Waals surface area (Å²) in [5.41, 5.74) is -1.04. The number of hydrogen-bond acceptors (Lipinski definition) is 2. The van der Waals surface area contributed by atoms with Crippen molar-refractivity contribution in [1.29, 1.82) is 0 Å². The van der Waals surface area contributed by atoms with Gasteiger partial charge in [0.1, 0.15) is 5.54 Å². The molecule has 2 amide bonds. The molecule has 4 atom stereocenters. The van der Waals surface area contributed by atoms with Crippen LogP contribution in [0.5, 0.6) is 0 Å². The molecule has 0 radical (unpaired) electrons. The van der Waals surface area contributed by atoms with Gasteiger partial charge in [-0.1, -0.05) is 19.3 Å². The van der Waals surface area contributed by atoms with Crippen LogP contribution < -0.4 is 10.6 Å². The molecular formula is C16H24N2O3. The molecule has 0 aromatic heterocycles. The lowest BCUT2D eigenvalue weighted by molar-refractivity contribution is -0.145. The van der Waals surface area contributed by atoms with Crippen molar-refractivity contribution >= 4 is 12.0 Å². The van der Waals surface area contributed by atoms with Gasteiger partial charge in [-0.3, -0.25) is 0 Å². The average Bonchev–Trinajstić information content (AvgIpc) is 2.84. The van der Waals surface area contributed by atoms with E-state index in [1.807, 2.05) is 0 Å². The van der Waals surface area contributed by atoms with Crippen molar-refractivity contribution in [2.24, 2.45) is 23.7 Å². The summed E-state index contributed by atoms with van der Waals surface area (Å²) in [5, 5.41) is 15.4. The number of rotatable bonds is 3. The number of aliphatic carboxylic acids is 1. The summed E-state index contributed by atoms with van der Waals surface area (Å²) in [7, 11) is 0. The van der Waals surface area contributed by atoms with Crippen molar-refractivity contribution in [3.8, 4) is 0 Å². The Morgan fingerprint density at radius 1 is 1.00 bits per heavy atom. The second-order valence-corrected chi connectivity index (χ2v) is 7.56. The van der Waals surface area contributed by atoms with Crippen LogP contribution in [0.3, 0.4) is 0 Å². The van der Waals surface area contributed by atoms with Gasteiger partial charge in [0.05, 0.1) is 0 Å². The van der Waals surface area contributed by atoms with E-state index in [-0.39, 0.29) is 6.03 Å². The molecule has 0 aromatic rings. The van der Waals surface area contributed by atoms with Gasteiger partial charge in [-0.15, -0.1) is 0 Å². The number of carbonyl (C=O) groups excluding carboxylic acids is 1. The molecule has 4 aliphatic carbocycles. The lowest BCUT2D eigenvalue weighted by Crippen LogP contribution is -2.58. The molecule has 0 aliphatic heterocycles. The van der Waals surface area contributed by atoms with Crippen molar-refractivity contribution in [2.45, 2.75) is 62.9 Å². The highest BCUT2D eigenvalue weighted by atomic mass is 16.4. The zero-order valence-electron chi connectivity index (χ0n) is 12.3. The molecule has 4 rings (SSSR count). The van der Waals surface area contributed by atoms with Crippen LogP contribution in [0.4, 0.5) is 4.79 Å². The van der Waals surface area contributed by atoms with Gasteiger partial charge in [0.15, 0.2) is 0 Å². The minimum atomic E-state index is -1.04. The largest absolute Gasteiger partial charge is 0.480 e. The van der Waals surface area contributed by atoms with Gasteiger partial charge in [0.25, 0.3) is 0 Å². The smallest absolute Gasteiger partial charge is 0.329 e. The topological polar surface area (TPSA) is 78.4 Å². The Labute approximate surface area is 124 Å². The zero-order chi connectivity index (χ0) is 14.6. The van der Waals surface area contributed by atoms with Gasteiger partial charge in [-0.2, -0.15) is 0 Å². The molecule has 21 heavy (non-hydrogen) atoms. The van der Waals surface area contributed by atoms with Gasteiger partial charge in [-0.25, -0.2) is 9.59 Å². The molecular weight excluding hydrogens is 268 g/mol. The maximum atomic E-state index is 12.3. The second kappa shape index (κ2) is 4.62. The number of fused-ring (bicyclic) bond motifs is 5. The third kappa shape index (κ3) is 2.04. The van der Waals surface area contributed by atoms with Gasteiger partial charge < -0.3 is 15.7 Å². The van der Waals surface area contributed by atoms with Crippen LogP contribution in [0.2, 0.25) is 0 Å². The fraction of sp³-hybridized carbons (Fsp3) is 0.875. The molecule has 0 saturated heterocycles. The van der Waals surface area contributed by atoms with Crippen LogP contribution in [0, 0.1) is 23.7 Å². The van der Waals surface area contributed by atoms with Gasteiger partial charge in [-0.05, 0) is 55.8 Å². The summed E-state index contributed by atoms with van der Waals surface area (Å²) >= 11 is 0. The van der Waals surface area contributed by atoms with Crippen LogP contribution in [0.1, 0.15) is 51.4 Å². The Balaban J connectivity index is 1.36. The van der Waals surface area contributed by atoms with Crippen LogP contribution in [-0.2, 0) is 4.79 Å². The average molecular weight is 292 g/mol. The van der Waals surface area contributed by atoms with Crippen molar-refractivity contribution in [3.05, 3.63) is 0 Å². The van der Waals surface area contributed by atoms with Gasteiger partial charge in [0, 0.05) is 6.04 Å². The van der Waals surface area contributed by atoms with E-state index >= 15 is 0 Å². The normalized spacial score (nSPS) is 42.2. The summed E-state index contributed by atoms with van der Waals surface area (Å²) in [6.07, 6.45) is 7.94. The number of amides is 2. The molecule has 4 aliphatic rings. The highest BCUT2D eigenvalue weighted by molar-refractivity contribution is 5.86. The van der Waals surface area contributed by atoms with Crippen molar-refractivity contribution in [3.63, 3.8) is 0 Å². The molecule has 5 heteroatoms. The van der Waals surface area contributed by atoms with Crippen molar-refractivity contribution < 1.29 is 14.7 Å². The van der Waals surface area contributed by atoms with E-state index in [0.717, 1.165) is 31.1 Å². The second-order valence-electron chi connectivity index (χ2n) is 7.56. The number of carboxylic acids is 1. The monoisotopic (exact) mass is 292 g/mol. The predicted octanol–water partition coefficient (Wildman–Crippen LogP) is 2.12.